The fraction of sp³-hybridized carbons (Fsp3) is 0. The van der Waals surface area contributed by atoms with Gasteiger partial charge in [-0.1, -0.05) is 18.2 Å². The van der Waals surface area contributed by atoms with Crippen LogP contribution < -0.4 is 16.5 Å². The first kappa shape index (κ1) is 13.8. The van der Waals surface area contributed by atoms with Crippen molar-refractivity contribution in [2.24, 2.45) is 5.73 Å². The minimum absolute atomic E-state index is 0.0672. The van der Waals surface area contributed by atoms with E-state index in [1.165, 1.54) is 10.7 Å². The van der Waals surface area contributed by atoms with E-state index in [-0.39, 0.29) is 16.7 Å². The number of primary amides is 1. The van der Waals surface area contributed by atoms with E-state index < -0.39 is 5.91 Å². The molecule has 0 aliphatic carbocycles. The lowest BCUT2D eigenvalue weighted by Crippen LogP contribution is -2.39. The van der Waals surface area contributed by atoms with E-state index in [1.54, 1.807) is 36.5 Å². The Bertz CT molecular complexity index is 651. The van der Waals surface area contributed by atoms with Gasteiger partial charge in [0.15, 0.2) is 5.11 Å². The van der Waals surface area contributed by atoms with Crippen molar-refractivity contribution >= 4 is 29.1 Å². The Labute approximate surface area is 120 Å². The van der Waals surface area contributed by atoms with Gasteiger partial charge in [0.25, 0.3) is 11.8 Å². The molecule has 1 heterocycles. The van der Waals surface area contributed by atoms with Gasteiger partial charge in [0.2, 0.25) is 0 Å². The van der Waals surface area contributed by atoms with Crippen molar-refractivity contribution in [2.45, 2.75) is 0 Å². The third-order valence-corrected chi connectivity index (χ3v) is 2.68. The summed E-state index contributed by atoms with van der Waals surface area (Å²) < 4.78 is 1.34. The summed E-state index contributed by atoms with van der Waals surface area (Å²) >= 11 is 5.01. The van der Waals surface area contributed by atoms with Gasteiger partial charge in [-0.2, -0.15) is 0 Å². The lowest BCUT2D eigenvalue weighted by molar-refractivity contribution is 0.0975. The molecule has 7 heteroatoms. The van der Waals surface area contributed by atoms with E-state index in [0.29, 0.717) is 5.56 Å². The van der Waals surface area contributed by atoms with E-state index in [1.807, 2.05) is 6.07 Å². The fourth-order valence-electron chi connectivity index (χ4n) is 1.58. The third-order valence-electron chi connectivity index (χ3n) is 2.49. The molecular formula is C13H12N4O2S. The van der Waals surface area contributed by atoms with E-state index in [2.05, 4.69) is 10.7 Å². The van der Waals surface area contributed by atoms with Gasteiger partial charge < -0.3 is 5.73 Å². The molecule has 0 unspecified atom stereocenters. The zero-order valence-corrected chi connectivity index (χ0v) is 11.2. The van der Waals surface area contributed by atoms with Crippen molar-refractivity contribution in [3.8, 4) is 0 Å². The second-order valence-corrected chi connectivity index (χ2v) is 4.30. The predicted molar refractivity (Wildman–Crippen MR) is 78.8 cm³/mol. The number of rotatable bonds is 3. The van der Waals surface area contributed by atoms with Crippen LogP contribution in [0.3, 0.4) is 0 Å². The number of nitrogens with two attached hydrogens (primary N) is 1. The minimum atomic E-state index is -0.598. The summed E-state index contributed by atoms with van der Waals surface area (Å²) in [5.74, 6) is -0.935. The molecule has 0 saturated heterocycles. The summed E-state index contributed by atoms with van der Waals surface area (Å²) in [6.07, 6.45) is 1.57. The Balaban J connectivity index is 2.01. The number of amides is 2. The molecule has 0 saturated carbocycles. The quantitative estimate of drug-likeness (QED) is 0.730. The molecule has 6 nitrogen and oxygen atoms in total. The molecule has 0 atom stereocenters. The molecule has 0 radical (unpaired) electrons. The van der Waals surface area contributed by atoms with E-state index in [4.69, 9.17) is 18.0 Å². The highest BCUT2D eigenvalue weighted by Gasteiger charge is 2.10. The Kier molecular flexibility index (Phi) is 4.11. The van der Waals surface area contributed by atoms with Crippen LogP contribution in [-0.4, -0.2) is 21.6 Å². The number of nitrogens with one attached hydrogen (secondary N) is 2. The average molecular weight is 288 g/mol. The Morgan fingerprint density at radius 2 is 1.80 bits per heavy atom. The van der Waals surface area contributed by atoms with Crippen LogP contribution in [0.1, 0.15) is 20.8 Å². The number of aromatic nitrogens is 1. The van der Waals surface area contributed by atoms with Crippen molar-refractivity contribution < 1.29 is 9.59 Å². The van der Waals surface area contributed by atoms with Crippen molar-refractivity contribution in [2.75, 3.05) is 5.43 Å². The summed E-state index contributed by atoms with van der Waals surface area (Å²) in [6, 6.07) is 11.8. The Morgan fingerprint density at radius 3 is 2.45 bits per heavy atom. The van der Waals surface area contributed by atoms with Crippen LogP contribution in [0.2, 0.25) is 0 Å². The van der Waals surface area contributed by atoms with Crippen molar-refractivity contribution in [1.29, 1.82) is 0 Å². The number of carbonyl (C=O) groups is 2. The van der Waals surface area contributed by atoms with Crippen LogP contribution in [0.4, 0.5) is 0 Å². The first-order valence-electron chi connectivity index (χ1n) is 5.72. The van der Waals surface area contributed by atoms with Gasteiger partial charge in [-0.25, -0.2) is 0 Å². The van der Waals surface area contributed by atoms with Gasteiger partial charge in [0.05, 0.1) is 0 Å². The largest absolute Gasteiger partial charge is 0.364 e. The Morgan fingerprint density at radius 1 is 1.10 bits per heavy atom. The highest BCUT2D eigenvalue weighted by atomic mass is 32.1. The van der Waals surface area contributed by atoms with Crippen LogP contribution >= 0.6 is 12.2 Å². The lowest BCUT2D eigenvalue weighted by Gasteiger charge is -2.12. The summed E-state index contributed by atoms with van der Waals surface area (Å²) in [6.45, 7) is 0. The molecule has 0 fully saturated rings. The van der Waals surface area contributed by atoms with Crippen LogP contribution in [0.15, 0.2) is 48.7 Å². The molecular weight excluding hydrogens is 276 g/mol. The molecule has 2 rings (SSSR count). The summed E-state index contributed by atoms with van der Waals surface area (Å²) in [5, 5.41) is 2.58. The van der Waals surface area contributed by atoms with Crippen LogP contribution in [0, 0.1) is 0 Å². The molecule has 0 aliphatic rings. The first-order valence-corrected chi connectivity index (χ1v) is 6.13. The smallest absolute Gasteiger partial charge is 0.267 e. The molecule has 2 aromatic rings. The molecule has 102 valence electrons. The topological polar surface area (TPSA) is 89.2 Å². The van der Waals surface area contributed by atoms with Gasteiger partial charge in [0.1, 0.15) is 5.69 Å². The van der Waals surface area contributed by atoms with E-state index in [0.717, 1.165) is 0 Å². The Hall–Kier alpha value is -2.67. The fourth-order valence-corrected chi connectivity index (χ4v) is 1.77. The molecule has 2 amide bonds. The number of benzene rings is 1. The van der Waals surface area contributed by atoms with E-state index >= 15 is 0 Å². The third kappa shape index (κ3) is 3.21. The molecule has 1 aromatic carbocycles. The summed E-state index contributed by atoms with van der Waals surface area (Å²) in [7, 11) is 0. The van der Waals surface area contributed by atoms with Crippen LogP contribution in [0.25, 0.3) is 0 Å². The molecule has 1 aromatic heterocycles. The van der Waals surface area contributed by atoms with Crippen molar-refractivity contribution in [3.63, 3.8) is 0 Å². The second-order valence-electron chi connectivity index (χ2n) is 3.89. The van der Waals surface area contributed by atoms with Crippen LogP contribution in [0.5, 0.6) is 0 Å². The number of nitrogens with zero attached hydrogens (tertiary/aromatic N) is 1. The maximum absolute atomic E-state index is 11.9. The molecule has 0 bridgehead atoms. The SMILES string of the molecule is NC(=O)c1cccn1NC(=S)NC(=O)c1ccccc1. The normalized spacial score (nSPS) is 9.80. The molecule has 0 spiro atoms. The zero-order valence-electron chi connectivity index (χ0n) is 10.4. The minimum Gasteiger partial charge on any atom is -0.364 e. The monoisotopic (exact) mass is 288 g/mol. The molecule has 4 N–H and O–H groups in total. The van der Waals surface area contributed by atoms with Gasteiger partial charge in [-0.15, -0.1) is 0 Å². The standard InChI is InChI=1S/C13H12N4O2S/c14-11(18)10-7-4-8-17(10)16-13(20)15-12(19)9-5-2-1-3-6-9/h1-8H,(H2,14,18)(H2,15,16,19,20). The number of carbonyl (C=O) groups excluding carboxylic acids is 2. The van der Waals surface area contributed by atoms with Gasteiger partial charge in [0, 0.05) is 11.8 Å². The van der Waals surface area contributed by atoms with Gasteiger partial charge in [-0.3, -0.25) is 25.0 Å². The maximum Gasteiger partial charge on any atom is 0.267 e. The molecule has 20 heavy (non-hydrogen) atoms. The lowest BCUT2D eigenvalue weighted by atomic mass is 10.2. The highest BCUT2D eigenvalue weighted by molar-refractivity contribution is 7.80. The van der Waals surface area contributed by atoms with Crippen molar-refractivity contribution in [1.82, 2.24) is 9.99 Å². The van der Waals surface area contributed by atoms with Crippen LogP contribution in [-0.2, 0) is 0 Å². The zero-order chi connectivity index (χ0) is 14.5. The summed E-state index contributed by atoms with van der Waals surface area (Å²) in [5.41, 5.74) is 8.61. The van der Waals surface area contributed by atoms with Gasteiger partial charge in [-0.05, 0) is 36.5 Å². The number of hydrogen-bond donors (Lipinski definition) is 3. The number of thiocarbonyl (C=S) groups is 1. The number of hydrogen-bond acceptors (Lipinski definition) is 3. The summed E-state index contributed by atoms with van der Waals surface area (Å²) in [4.78, 5) is 23.0. The van der Waals surface area contributed by atoms with Gasteiger partial charge >= 0.3 is 0 Å². The molecule has 0 aliphatic heterocycles. The predicted octanol–water partition coefficient (Wildman–Crippen LogP) is 0.845. The first-order chi connectivity index (χ1) is 9.58. The average Bonchev–Trinajstić information content (AvgIpc) is 2.87. The highest BCUT2D eigenvalue weighted by Crippen LogP contribution is 2.00. The second kappa shape index (κ2) is 5.98. The van der Waals surface area contributed by atoms with E-state index in [9.17, 15) is 9.59 Å². The van der Waals surface area contributed by atoms with Crippen molar-refractivity contribution in [3.05, 3.63) is 59.9 Å². The maximum atomic E-state index is 11.9.